The molecule has 0 spiro atoms. The number of hydrogen-bond donors (Lipinski definition) is 1. The van der Waals surface area contributed by atoms with Crippen molar-refractivity contribution in [3.63, 3.8) is 0 Å². The van der Waals surface area contributed by atoms with E-state index in [1.54, 1.807) is 0 Å². The van der Waals surface area contributed by atoms with Gasteiger partial charge >= 0.3 is 0 Å². The maximum absolute atomic E-state index is 4.48. The summed E-state index contributed by atoms with van der Waals surface area (Å²) in [5.41, 5.74) is 0. The van der Waals surface area contributed by atoms with Gasteiger partial charge in [0.2, 0.25) is 0 Å². The van der Waals surface area contributed by atoms with E-state index in [2.05, 4.69) is 24.2 Å². The molecule has 0 aromatic heterocycles. The molecule has 0 fully saturated rings. The average molecular weight is 182 g/mol. The van der Waals surface area contributed by atoms with Crippen molar-refractivity contribution >= 4 is 5.84 Å². The van der Waals surface area contributed by atoms with Crippen LogP contribution < -0.4 is 5.32 Å². The highest BCUT2D eigenvalue weighted by atomic mass is 15.0. The SMILES string of the molecule is CCC(CC)CNC1=NCCCC1. The predicted molar refractivity (Wildman–Crippen MR) is 58.2 cm³/mol. The molecule has 2 heteroatoms. The lowest BCUT2D eigenvalue weighted by Crippen LogP contribution is -2.30. The zero-order valence-electron chi connectivity index (χ0n) is 8.97. The lowest BCUT2D eigenvalue weighted by atomic mass is 10.0. The van der Waals surface area contributed by atoms with Crippen LogP contribution in [0.5, 0.6) is 0 Å². The second-order valence-corrected chi connectivity index (χ2v) is 3.85. The number of amidine groups is 1. The molecule has 13 heavy (non-hydrogen) atoms. The standard InChI is InChI=1S/C11H22N2/c1-3-10(4-2)9-13-11-7-5-6-8-12-11/h10H,3-9H2,1-2H3,(H,12,13). The van der Waals surface area contributed by atoms with E-state index < -0.39 is 0 Å². The Morgan fingerprint density at radius 1 is 1.31 bits per heavy atom. The fourth-order valence-corrected chi connectivity index (χ4v) is 1.68. The monoisotopic (exact) mass is 182 g/mol. The van der Waals surface area contributed by atoms with Gasteiger partial charge in [-0.2, -0.15) is 0 Å². The van der Waals surface area contributed by atoms with Gasteiger partial charge in [-0.15, -0.1) is 0 Å². The van der Waals surface area contributed by atoms with Gasteiger partial charge in [0.05, 0.1) is 5.84 Å². The van der Waals surface area contributed by atoms with Crippen LogP contribution in [-0.4, -0.2) is 18.9 Å². The van der Waals surface area contributed by atoms with E-state index in [0.29, 0.717) is 0 Å². The summed E-state index contributed by atoms with van der Waals surface area (Å²) in [6.07, 6.45) is 6.30. The van der Waals surface area contributed by atoms with E-state index in [-0.39, 0.29) is 0 Å². The Morgan fingerprint density at radius 3 is 2.62 bits per heavy atom. The molecule has 1 aliphatic heterocycles. The largest absolute Gasteiger partial charge is 0.374 e. The summed E-state index contributed by atoms with van der Waals surface area (Å²) in [5, 5.41) is 3.47. The van der Waals surface area contributed by atoms with Crippen LogP contribution in [-0.2, 0) is 0 Å². The summed E-state index contributed by atoms with van der Waals surface area (Å²) < 4.78 is 0. The summed E-state index contributed by atoms with van der Waals surface area (Å²) in [7, 11) is 0. The Morgan fingerprint density at radius 2 is 2.08 bits per heavy atom. The minimum absolute atomic E-state index is 0.824. The van der Waals surface area contributed by atoms with Crippen molar-refractivity contribution in [2.45, 2.75) is 46.0 Å². The van der Waals surface area contributed by atoms with Gasteiger partial charge in [-0.05, 0) is 18.8 Å². The van der Waals surface area contributed by atoms with Gasteiger partial charge in [0.15, 0.2) is 0 Å². The molecular formula is C11H22N2. The van der Waals surface area contributed by atoms with Crippen molar-refractivity contribution in [3.05, 3.63) is 0 Å². The molecule has 2 nitrogen and oxygen atoms in total. The Balaban J connectivity index is 2.20. The molecule has 1 N–H and O–H groups in total. The van der Waals surface area contributed by atoms with E-state index >= 15 is 0 Å². The minimum Gasteiger partial charge on any atom is -0.374 e. The number of nitrogens with zero attached hydrogens (tertiary/aromatic N) is 1. The fraction of sp³-hybridized carbons (Fsp3) is 0.909. The average Bonchev–Trinajstić information content (AvgIpc) is 2.21. The summed E-state index contributed by atoms with van der Waals surface area (Å²) in [6.45, 7) is 6.67. The second kappa shape index (κ2) is 6.01. The fourth-order valence-electron chi connectivity index (χ4n) is 1.68. The molecule has 0 unspecified atom stereocenters. The summed E-state index contributed by atoms with van der Waals surface area (Å²) in [6, 6.07) is 0. The number of nitrogens with one attached hydrogen (secondary N) is 1. The van der Waals surface area contributed by atoms with Gasteiger partial charge in [0.25, 0.3) is 0 Å². The van der Waals surface area contributed by atoms with Crippen molar-refractivity contribution < 1.29 is 0 Å². The van der Waals surface area contributed by atoms with Gasteiger partial charge in [0, 0.05) is 19.5 Å². The van der Waals surface area contributed by atoms with Crippen molar-refractivity contribution in [3.8, 4) is 0 Å². The third-order valence-corrected chi connectivity index (χ3v) is 2.87. The van der Waals surface area contributed by atoms with Gasteiger partial charge in [-0.25, -0.2) is 0 Å². The van der Waals surface area contributed by atoms with Crippen molar-refractivity contribution in [1.82, 2.24) is 5.32 Å². The Hall–Kier alpha value is -0.530. The number of rotatable bonds is 4. The van der Waals surface area contributed by atoms with Crippen LogP contribution in [0.1, 0.15) is 46.0 Å². The van der Waals surface area contributed by atoms with Gasteiger partial charge < -0.3 is 5.32 Å². The van der Waals surface area contributed by atoms with Crippen molar-refractivity contribution in [2.24, 2.45) is 10.9 Å². The molecule has 0 radical (unpaired) electrons. The molecular weight excluding hydrogens is 160 g/mol. The van der Waals surface area contributed by atoms with Crippen molar-refractivity contribution in [1.29, 1.82) is 0 Å². The zero-order chi connectivity index (χ0) is 9.52. The third kappa shape index (κ3) is 3.79. The first-order valence-corrected chi connectivity index (χ1v) is 5.64. The summed E-state index contributed by atoms with van der Waals surface area (Å²) in [4.78, 5) is 4.48. The summed E-state index contributed by atoms with van der Waals surface area (Å²) >= 11 is 0. The second-order valence-electron chi connectivity index (χ2n) is 3.85. The molecule has 1 aliphatic rings. The lowest BCUT2D eigenvalue weighted by Gasteiger charge is -2.18. The van der Waals surface area contributed by atoms with E-state index in [1.165, 1.54) is 37.9 Å². The first kappa shape index (κ1) is 10.6. The molecule has 0 saturated heterocycles. The topological polar surface area (TPSA) is 24.4 Å². The highest BCUT2D eigenvalue weighted by Gasteiger charge is 2.07. The van der Waals surface area contributed by atoms with E-state index in [4.69, 9.17) is 0 Å². The lowest BCUT2D eigenvalue weighted by molar-refractivity contribution is 0.481. The number of hydrogen-bond acceptors (Lipinski definition) is 2. The van der Waals surface area contributed by atoms with Crippen LogP contribution in [0.15, 0.2) is 4.99 Å². The van der Waals surface area contributed by atoms with Gasteiger partial charge in [0.1, 0.15) is 0 Å². The smallest absolute Gasteiger partial charge is 0.0963 e. The Kier molecular flexibility index (Phi) is 4.87. The van der Waals surface area contributed by atoms with E-state index in [1.807, 2.05) is 0 Å². The van der Waals surface area contributed by atoms with Crippen molar-refractivity contribution in [2.75, 3.05) is 13.1 Å². The number of aliphatic imine (C=N–C) groups is 1. The molecule has 0 saturated carbocycles. The maximum Gasteiger partial charge on any atom is 0.0963 e. The molecule has 0 aliphatic carbocycles. The first-order valence-electron chi connectivity index (χ1n) is 5.64. The molecule has 1 heterocycles. The quantitative estimate of drug-likeness (QED) is 0.710. The zero-order valence-corrected chi connectivity index (χ0v) is 8.97. The predicted octanol–water partition coefficient (Wildman–Crippen LogP) is 2.59. The molecule has 0 aromatic carbocycles. The van der Waals surface area contributed by atoms with Crippen LogP contribution in [0.25, 0.3) is 0 Å². The Bertz CT molecular complexity index is 159. The molecule has 0 bridgehead atoms. The molecule has 0 aromatic rings. The van der Waals surface area contributed by atoms with Crippen LogP contribution in [0, 0.1) is 5.92 Å². The molecule has 1 rings (SSSR count). The maximum atomic E-state index is 4.48. The van der Waals surface area contributed by atoms with E-state index in [9.17, 15) is 0 Å². The first-order chi connectivity index (χ1) is 6.36. The molecule has 0 amide bonds. The third-order valence-electron chi connectivity index (χ3n) is 2.87. The highest BCUT2D eigenvalue weighted by molar-refractivity contribution is 5.82. The van der Waals surface area contributed by atoms with Crippen LogP contribution >= 0.6 is 0 Å². The molecule has 76 valence electrons. The van der Waals surface area contributed by atoms with Crippen LogP contribution in [0.3, 0.4) is 0 Å². The van der Waals surface area contributed by atoms with Crippen LogP contribution in [0.4, 0.5) is 0 Å². The van der Waals surface area contributed by atoms with Gasteiger partial charge in [-0.3, -0.25) is 4.99 Å². The van der Waals surface area contributed by atoms with E-state index in [0.717, 1.165) is 19.0 Å². The minimum atomic E-state index is 0.824. The van der Waals surface area contributed by atoms with Crippen LogP contribution in [0.2, 0.25) is 0 Å². The van der Waals surface area contributed by atoms with Gasteiger partial charge in [-0.1, -0.05) is 26.7 Å². The Labute approximate surface area is 81.8 Å². The highest BCUT2D eigenvalue weighted by Crippen LogP contribution is 2.07. The summed E-state index contributed by atoms with van der Waals surface area (Å²) in [5.74, 6) is 2.07. The normalized spacial score (nSPS) is 17.3. The molecule has 0 atom stereocenters.